The van der Waals surface area contributed by atoms with E-state index in [0.717, 1.165) is 24.3 Å². The second-order valence-electron chi connectivity index (χ2n) is 4.58. The van der Waals surface area contributed by atoms with Crippen LogP contribution in [0.2, 0.25) is 0 Å². The van der Waals surface area contributed by atoms with Crippen molar-refractivity contribution in [3.63, 3.8) is 0 Å². The molecule has 0 saturated carbocycles. The lowest BCUT2D eigenvalue weighted by Gasteiger charge is -2.06. The molecular weight excluding hydrogens is 272 g/mol. The number of carbonyl (C=O) groups is 1. The highest BCUT2D eigenvalue weighted by Gasteiger charge is 2.16. The van der Waals surface area contributed by atoms with E-state index in [1.54, 1.807) is 23.5 Å². The van der Waals surface area contributed by atoms with Gasteiger partial charge in [-0.1, -0.05) is 13.0 Å². The topological polar surface area (TPSA) is 55.1 Å². The minimum atomic E-state index is -0.932. The van der Waals surface area contributed by atoms with Crippen molar-refractivity contribution in [2.24, 2.45) is 0 Å². The smallest absolute Gasteiger partial charge is 0.337 e. The minimum Gasteiger partial charge on any atom is -0.478 e. The van der Waals surface area contributed by atoms with E-state index in [1.807, 2.05) is 18.4 Å². The number of para-hydroxylation sites is 1. The molecule has 102 valence electrons. The zero-order valence-electron chi connectivity index (χ0n) is 11.0. The first-order valence-corrected chi connectivity index (χ1v) is 7.37. The van der Waals surface area contributed by atoms with Crippen molar-refractivity contribution in [1.82, 2.24) is 9.55 Å². The number of carboxylic acids is 1. The highest BCUT2D eigenvalue weighted by Crippen LogP contribution is 2.22. The molecule has 0 spiro atoms. The van der Waals surface area contributed by atoms with Gasteiger partial charge in [0.2, 0.25) is 0 Å². The van der Waals surface area contributed by atoms with Crippen LogP contribution < -0.4 is 0 Å². The normalized spacial score (nSPS) is 11.1. The molecular formula is C15H14N2O2S. The Kier molecular flexibility index (Phi) is 3.28. The van der Waals surface area contributed by atoms with Gasteiger partial charge in [0.05, 0.1) is 17.6 Å². The van der Waals surface area contributed by atoms with Gasteiger partial charge < -0.3 is 9.67 Å². The van der Waals surface area contributed by atoms with Gasteiger partial charge >= 0.3 is 5.97 Å². The molecule has 0 radical (unpaired) electrons. The molecule has 3 rings (SSSR count). The molecule has 1 aromatic carbocycles. The zero-order valence-corrected chi connectivity index (χ0v) is 11.9. The van der Waals surface area contributed by atoms with E-state index in [-0.39, 0.29) is 5.56 Å². The lowest BCUT2D eigenvalue weighted by molar-refractivity contribution is 0.0699. The number of benzene rings is 1. The molecule has 1 N–H and O–H groups in total. The Morgan fingerprint density at radius 3 is 2.90 bits per heavy atom. The average Bonchev–Trinajstić information content (AvgIpc) is 3.06. The van der Waals surface area contributed by atoms with Gasteiger partial charge in [0.25, 0.3) is 0 Å². The molecule has 4 nitrogen and oxygen atoms in total. The molecule has 0 bridgehead atoms. The molecule has 20 heavy (non-hydrogen) atoms. The predicted octanol–water partition coefficient (Wildman–Crippen LogP) is 3.41. The molecule has 3 aromatic rings. The number of aryl methyl sites for hydroxylation is 1. The van der Waals surface area contributed by atoms with Gasteiger partial charge in [-0.05, 0) is 34.5 Å². The summed E-state index contributed by atoms with van der Waals surface area (Å²) in [5.41, 5.74) is 2.94. The number of carboxylic acid groups (broad SMARTS) is 1. The van der Waals surface area contributed by atoms with Crippen molar-refractivity contribution in [2.75, 3.05) is 0 Å². The number of imidazole rings is 1. The summed E-state index contributed by atoms with van der Waals surface area (Å²) < 4.78 is 2.10. The van der Waals surface area contributed by atoms with Gasteiger partial charge in [-0.25, -0.2) is 9.78 Å². The molecule has 0 saturated heterocycles. The number of hydrogen-bond acceptors (Lipinski definition) is 3. The van der Waals surface area contributed by atoms with Gasteiger partial charge in [-0.15, -0.1) is 0 Å². The molecule has 0 atom stereocenters. The van der Waals surface area contributed by atoms with Crippen molar-refractivity contribution in [2.45, 2.75) is 19.9 Å². The van der Waals surface area contributed by atoms with Crippen LogP contribution in [0.15, 0.2) is 35.0 Å². The number of rotatable bonds is 4. The maximum absolute atomic E-state index is 11.3. The lowest BCUT2D eigenvalue weighted by Crippen LogP contribution is -2.03. The van der Waals surface area contributed by atoms with E-state index >= 15 is 0 Å². The lowest BCUT2D eigenvalue weighted by atomic mass is 10.2. The minimum absolute atomic E-state index is 0.265. The fourth-order valence-corrected chi connectivity index (χ4v) is 3.04. The van der Waals surface area contributed by atoms with Crippen LogP contribution >= 0.6 is 11.3 Å². The molecule has 0 aliphatic carbocycles. The summed E-state index contributed by atoms with van der Waals surface area (Å²) in [7, 11) is 0. The third kappa shape index (κ3) is 2.10. The summed E-state index contributed by atoms with van der Waals surface area (Å²) in [6.45, 7) is 2.76. The first kappa shape index (κ1) is 12.9. The van der Waals surface area contributed by atoms with Crippen LogP contribution in [0.25, 0.3) is 11.0 Å². The highest BCUT2D eigenvalue weighted by molar-refractivity contribution is 7.07. The second-order valence-corrected chi connectivity index (χ2v) is 5.36. The number of nitrogens with zero attached hydrogens (tertiary/aromatic N) is 2. The quantitative estimate of drug-likeness (QED) is 0.799. The van der Waals surface area contributed by atoms with E-state index in [9.17, 15) is 9.90 Å². The summed E-state index contributed by atoms with van der Waals surface area (Å²) in [6, 6.07) is 7.39. The Hall–Kier alpha value is -2.14. The SMILES string of the molecule is CCc1nc2c(C(=O)O)cccc2n1Cc1ccsc1. The Balaban J connectivity index is 2.19. The van der Waals surface area contributed by atoms with Gasteiger partial charge in [0.1, 0.15) is 11.3 Å². The third-order valence-electron chi connectivity index (χ3n) is 3.33. The third-order valence-corrected chi connectivity index (χ3v) is 4.06. The van der Waals surface area contributed by atoms with Crippen LogP contribution in [0.1, 0.15) is 28.7 Å². The number of fused-ring (bicyclic) bond motifs is 1. The fourth-order valence-electron chi connectivity index (χ4n) is 2.38. The van der Waals surface area contributed by atoms with Crippen LogP contribution in [-0.2, 0) is 13.0 Å². The van der Waals surface area contributed by atoms with E-state index < -0.39 is 5.97 Å². The van der Waals surface area contributed by atoms with Crippen LogP contribution in [0.3, 0.4) is 0 Å². The summed E-state index contributed by atoms with van der Waals surface area (Å²) in [5, 5.41) is 13.4. The maximum atomic E-state index is 11.3. The van der Waals surface area contributed by atoms with Crippen molar-refractivity contribution in [1.29, 1.82) is 0 Å². The van der Waals surface area contributed by atoms with Crippen LogP contribution in [0.4, 0.5) is 0 Å². The van der Waals surface area contributed by atoms with Crippen LogP contribution in [0, 0.1) is 0 Å². The Morgan fingerprint density at radius 1 is 1.40 bits per heavy atom. The Morgan fingerprint density at radius 2 is 2.25 bits per heavy atom. The highest BCUT2D eigenvalue weighted by atomic mass is 32.1. The van der Waals surface area contributed by atoms with E-state index in [0.29, 0.717) is 5.52 Å². The molecule has 5 heteroatoms. The van der Waals surface area contributed by atoms with E-state index in [4.69, 9.17) is 0 Å². The first-order chi connectivity index (χ1) is 9.70. The van der Waals surface area contributed by atoms with Gasteiger partial charge in [0, 0.05) is 6.42 Å². The van der Waals surface area contributed by atoms with Crippen molar-refractivity contribution in [3.05, 3.63) is 52.0 Å². The van der Waals surface area contributed by atoms with E-state index in [1.165, 1.54) is 5.56 Å². The number of aromatic carboxylic acids is 1. The summed E-state index contributed by atoms with van der Waals surface area (Å²) in [5.74, 6) is -0.0154. The molecule has 0 aliphatic rings. The van der Waals surface area contributed by atoms with Crippen molar-refractivity contribution < 1.29 is 9.90 Å². The van der Waals surface area contributed by atoms with Crippen LogP contribution in [-0.4, -0.2) is 20.6 Å². The number of thiophene rings is 1. The van der Waals surface area contributed by atoms with Crippen LogP contribution in [0.5, 0.6) is 0 Å². The van der Waals surface area contributed by atoms with Gasteiger partial charge in [-0.3, -0.25) is 0 Å². The molecule has 2 aromatic heterocycles. The largest absolute Gasteiger partial charge is 0.478 e. The number of hydrogen-bond donors (Lipinski definition) is 1. The summed E-state index contributed by atoms with van der Waals surface area (Å²) in [6.07, 6.45) is 0.776. The second kappa shape index (κ2) is 5.09. The van der Waals surface area contributed by atoms with Gasteiger partial charge in [-0.2, -0.15) is 11.3 Å². The summed E-state index contributed by atoms with van der Waals surface area (Å²) >= 11 is 1.66. The maximum Gasteiger partial charge on any atom is 0.337 e. The average molecular weight is 286 g/mol. The van der Waals surface area contributed by atoms with Crippen molar-refractivity contribution >= 4 is 28.3 Å². The Labute approximate surface area is 120 Å². The predicted molar refractivity (Wildman–Crippen MR) is 79.5 cm³/mol. The first-order valence-electron chi connectivity index (χ1n) is 6.43. The molecule has 0 amide bonds. The molecule has 0 aliphatic heterocycles. The fraction of sp³-hybridized carbons (Fsp3) is 0.200. The molecule has 2 heterocycles. The molecule has 0 unspecified atom stereocenters. The monoisotopic (exact) mass is 286 g/mol. The number of aromatic nitrogens is 2. The summed E-state index contributed by atoms with van der Waals surface area (Å²) in [4.78, 5) is 15.8. The zero-order chi connectivity index (χ0) is 14.1. The van der Waals surface area contributed by atoms with Gasteiger partial charge in [0.15, 0.2) is 0 Å². The molecule has 0 fully saturated rings. The van der Waals surface area contributed by atoms with E-state index in [2.05, 4.69) is 21.0 Å². The standard InChI is InChI=1S/C15H14N2O2S/c1-2-13-16-14-11(15(18)19)4-3-5-12(14)17(13)8-10-6-7-20-9-10/h3-7,9H,2,8H2,1H3,(H,18,19). The van der Waals surface area contributed by atoms with Crippen molar-refractivity contribution in [3.8, 4) is 0 Å². The Bertz CT molecular complexity index is 760.